The van der Waals surface area contributed by atoms with Gasteiger partial charge in [0, 0.05) is 18.8 Å². The van der Waals surface area contributed by atoms with E-state index in [1.807, 2.05) is 59.7 Å². The standard InChI is InChI=1S/C14H14N4/c1-17-13(12-7-3-2-4-8-12)11-18(16-17)14-9-5-6-10-15-14/h2-11,16H,1H3. The summed E-state index contributed by atoms with van der Waals surface area (Å²) in [5.41, 5.74) is 5.51. The van der Waals surface area contributed by atoms with Crippen LogP contribution in [0.4, 0.5) is 5.82 Å². The van der Waals surface area contributed by atoms with Gasteiger partial charge in [0.1, 0.15) is 5.82 Å². The Balaban J connectivity index is 1.93. The summed E-state index contributed by atoms with van der Waals surface area (Å²) in [6, 6.07) is 16.1. The van der Waals surface area contributed by atoms with E-state index in [0.717, 1.165) is 11.5 Å². The lowest BCUT2D eigenvalue weighted by Crippen LogP contribution is -2.38. The van der Waals surface area contributed by atoms with Crippen LogP contribution in [0.3, 0.4) is 0 Å². The highest BCUT2D eigenvalue weighted by molar-refractivity contribution is 5.68. The maximum atomic E-state index is 4.32. The molecule has 1 aromatic carbocycles. The second-order valence-electron chi connectivity index (χ2n) is 4.10. The molecule has 0 aliphatic carbocycles. The average Bonchev–Trinajstić information content (AvgIpc) is 2.83. The number of hydrogen-bond acceptors (Lipinski definition) is 4. The molecule has 1 N–H and O–H groups in total. The first-order valence-corrected chi connectivity index (χ1v) is 5.82. The molecular weight excluding hydrogens is 224 g/mol. The molecule has 0 saturated heterocycles. The van der Waals surface area contributed by atoms with Crippen molar-refractivity contribution in [1.29, 1.82) is 0 Å². The van der Waals surface area contributed by atoms with Crippen LogP contribution in [0.2, 0.25) is 0 Å². The van der Waals surface area contributed by atoms with Gasteiger partial charge in [-0.3, -0.25) is 5.01 Å². The van der Waals surface area contributed by atoms with Crippen LogP contribution in [0.1, 0.15) is 5.56 Å². The second kappa shape index (κ2) is 4.50. The highest BCUT2D eigenvalue weighted by Crippen LogP contribution is 2.23. The quantitative estimate of drug-likeness (QED) is 0.869. The number of pyridine rings is 1. The lowest BCUT2D eigenvalue weighted by molar-refractivity contribution is 0.374. The van der Waals surface area contributed by atoms with Gasteiger partial charge in [-0.05, 0) is 12.1 Å². The summed E-state index contributed by atoms with van der Waals surface area (Å²) >= 11 is 0. The molecule has 0 spiro atoms. The Bertz CT molecular complexity index is 551. The third kappa shape index (κ3) is 1.94. The summed E-state index contributed by atoms with van der Waals surface area (Å²) in [4.78, 5) is 4.32. The smallest absolute Gasteiger partial charge is 0.148 e. The molecule has 3 rings (SSSR count). The second-order valence-corrected chi connectivity index (χ2v) is 4.10. The van der Waals surface area contributed by atoms with E-state index in [4.69, 9.17) is 0 Å². The van der Waals surface area contributed by atoms with Gasteiger partial charge in [0.05, 0.1) is 11.9 Å². The van der Waals surface area contributed by atoms with Gasteiger partial charge < -0.3 is 0 Å². The lowest BCUT2D eigenvalue weighted by Gasteiger charge is -2.19. The van der Waals surface area contributed by atoms with Crippen molar-refractivity contribution in [3.8, 4) is 0 Å². The maximum absolute atomic E-state index is 4.32. The molecule has 4 nitrogen and oxygen atoms in total. The molecule has 0 bridgehead atoms. The van der Waals surface area contributed by atoms with Gasteiger partial charge >= 0.3 is 0 Å². The Kier molecular flexibility index (Phi) is 2.70. The van der Waals surface area contributed by atoms with Crippen LogP contribution in [0.25, 0.3) is 5.70 Å². The zero-order valence-electron chi connectivity index (χ0n) is 10.1. The van der Waals surface area contributed by atoms with Crippen molar-refractivity contribution in [2.24, 2.45) is 0 Å². The largest absolute Gasteiger partial charge is 0.291 e. The lowest BCUT2D eigenvalue weighted by atomic mass is 10.2. The monoisotopic (exact) mass is 238 g/mol. The summed E-state index contributed by atoms with van der Waals surface area (Å²) in [5, 5.41) is 3.88. The molecule has 2 heterocycles. The van der Waals surface area contributed by atoms with E-state index in [-0.39, 0.29) is 0 Å². The maximum Gasteiger partial charge on any atom is 0.148 e. The molecule has 90 valence electrons. The van der Waals surface area contributed by atoms with Crippen LogP contribution in [0.15, 0.2) is 60.9 Å². The molecule has 1 aliphatic heterocycles. The number of aromatic nitrogens is 1. The molecule has 0 amide bonds. The minimum absolute atomic E-state index is 0.871. The molecule has 0 fully saturated rings. The van der Waals surface area contributed by atoms with Gasteiger partial charge in [-0.2, -0.15) is 0 Å². The van der Waals surface area contributed by atoms with Gasteiger partial charge in [0.25, 0.3) is 0 Å². The van der Waals surface area contributed by atoms with Crippen LogP contribution in [0, 0.1) is 0 Å². The van der Waals surface area contributed by atoms with E-state index in [2.05, 4.69) is 22.7 Å². The highest BCUT2D eigenvalue weighted by Gasteiger charge is 2.19. The fourth-order valence-electron chi connectivity index (χ4n) is 1.94. The number of rotatable bonds is 2. The van der Waals surface area contributed by atoms with E-state index in [1.54, 1.807) is 6.20 Å². The Morgan fingerprint density at radius 1 is 1.00 bits per heavy atom. The molecule has 4 heteroatoms. The fourth-order valence-corrected chi connectivity index (χ4v) is 1.94. The number of anilines is 1. The van der Waals surface area contributed by atoms with Gasteiger partial charge in [0.2, 0.25) is 0 Å². The zero-order valence-corrected chi connectivity index (χ0v) is 10.1. The van der Waals surface area contributed by atoms with E-state index in [9.17, 15) is 0 Å². The van der Waals surface area contributed by atoms with Crippen molar-refractivity contribution in [2.45, 2.75) is 0 Å². The van der Waals surface area contributed by atoms with Crippen molar-refractivity contribution in [3.63, 3.8) is 0 Å². The molecule has 0 saturated carbocycles. The number of benzene rings is 1. The highest BCUT2D eigenvalue weighted by atomic mass is 15.8. The van der Waals surface area contributed by atoms with Gasteiger partial charge in [-0.1, -0.05) is 36.4 Å². The van der Waals surface area contributed by atoms with Crippen LogP contribution in [-0.2, 0) is 0 Å². The van der Waals surface area contributed by atoms with Crippen LogP contribution >= 0.6 is 0 Å². The van der Waals surface area contributed by atoms with E-state index in [1.165, 1.54) is 5.56 Å². The molecule has 1 aliphatic rings. The van der Waals surface area contributed by atoms with Crippen molar-refractivity contribution >= 4 is 11.5 Å². The summed E-state index contributed by atoms with van der Waals surface area (Å²) in [7, 11) is 1.99. The van der Waals surface area contributed by atoms with Crippen molar-refractivity contribution in [1.82, 2.24) is 15.5 Å². The average molecular weight is 238 g/mol. The first-order valence-electron chi connectivity index (χ1n) is 5.82. The first kappa shape index (κ1) is 10.8. The first-order chi connectivity index (χ1) is 8.84. The molecule has 0 radical (unpaired) electrons. The number of hydrogen-bond donors (Lipinski definition) is 1. The minimum Gasteiger partial charge on any atom is -0.291 e. The van der Waals surface area contributed by atoms with Crippen LogP contribution in [-0.4, -0.2) is 17.0 Å². The van der Waals surface area contributed by atoms with E-state index < -0.39 is 0 Å². The van der Waals surface area contributed by atoms with Crippen LogP contribution < -0.4 is 10.5 Å². The Hall–Kier alpha value is -2.33. The fraction of sp³-hybridized carbons (Fsp3) is 0.0714. The van der Waals surface area contributed by atoms with E-state index >= 15 is 0 Å². The predicted octanol–water partition coefficient (Wildman–Crippen LogP) is 2.25. The number of nitrogens with zero attached hydrogens (tertiary/aromatic N) is 3. The normalized spacial score (nSPS) is 14.8. The molecule has 0 unspecified atom stereocenters. The predicted molar refractivity (Wildman–Crippen MR) is 72.0 cm³/mol. The minimum atomic E-state index is 0.871. The van der Waals surface area contributed by atoms with Gasteiger partial charge in [-0.15, -0.1) is 5.53 Å². The third-order valence-electron chi connectivity index (χ3n) is 2.84. The Labute approximate surface area is 106 Å². The molecule has 18 heavy (non-hydrogen) atoms. The summed E-state index contributed by atoms with van der Waals surface area (Å²) < 4.78 is 0. The SMILES string of the molecule is CN1NN(c2ccccn2)C=C1c1ccccc1. The molecular formula is C14H14N4. The molecule has 0 atom stereocenters. The molecule has 2 aromatic rings. The number of hydrazine groups is 2. The molecule has 1 aromatic heterocycles. The van der Waals surface area contributed by atoms with Crippen molar-refractivity contribution in [2.75, 3.05) is 12.1 Å². The van der Waals surface area contributed by atoms with E-state index in [0.29, 0.717) is 0 Å². The van der Waals surface area contributed by atoms with Gasteiger partial charge in [-0.25, -0.2) is 9.99 Å². The summed E-state index contributed by atoms with van der Waals surface area (Å²) in [6.07, 6.45) is 3.82. The third-order valence-corrected chi connectivity index (χ3v) is 2.84. The van der Waals surface area contributed by atoms with Gasteiger partial charge in [0.15, 0.2) is 0 Å². The zero-order chi connectivity index (χ0) is 12.4. The Morgan fingerprint density at radius 3 is 2.50 bits per heavy atom. The van der Waals surface area contributed by atoms with Crippen molar-refractivity contribution < 1.29 is 0 Å². The topological polar surface area (TPSA) is 31.4 Å². The van der Waals surface area contributed by atoms with Crippen LogP contribution in [0.5, 0.6) is 0 Å². The summed E-state index contributed by atoms with van der Waals surface area (Å²) in [5.74, 6) is 0.871. The Morgan fingerprint density at radius 2 is 1.78 bits per heavy atom. The number of nitrogens with one attached hydrogen (secondary N) is 1. The van der Waals surface area contributed by atoms with Crippen molar-refractivity contribution in [3.05, 3.63) is 66.5 Å². The summed E-state index contributed by atoms with van der Waals surface area (Å²) in [6.45, 7) is 0.